The first-order chi connectivity index (χ1) is 6.68. The molecule has 0 amide bonds. The molecule has 1 rings (SSSR count). The van der Waals surface area contributed by atoms with Gasteiger partial charge >= 0.3 is 5.97 Å². The number of hydrogen-bond donors (Lipinski definition) is 1. The fraction of sp³-hybridized carbons (Fsp3) is 0.182. The van der Waals surface area contributed by atoms with Gasteiger partial charge in [0.1, 0.15) is 5.82 Å². The van der Waals surface area contributed by atoms with Crippen molar-refractivity contribution in [2.75, 3.05) is 0 Å². The molecule has 0 saturated heterocycles. The van der Waals surface area contributed by atoms with Crippen LogP contribution in [0.4, 0.5) is 4.39 Å². The molecule has 0 aromatic heterocycles. The SMILES string of the molecule is O=C(O)C#CCCc1ccc(F)cc1. The number of carboxylic acid groups (broad SMARTS) is 1. The van der Waals surface area contributed by atoms with E-state index in [0.717, 1.165) is 5.56 Å². The van der Waals surface area contributed by atoms with E-state index in [1.54, 1.807) is 12.1 Å². The van der Waals surface area contributed by atoms with Gasteiger partial charge in [0.2, 0.25) is 0 Å². The molecule has 14 heavy (non-hydrogen) atoms. The summed E-state index contributed by atoms with van der Waals surface area (Å²) in [4.78, 5) is 10.0. The summed E-state index contributed by atoms with van der Waals surface area (Å²) >= 11 is 0. The lowest BCUT2D eigenvalue weighted by Crippen LogP contribution is -1.88. The average molecular weight is 192 g/mol. The maximum atomic E-state index is 12.5. The van der Waals surface area contributed by atoms with Gasteiger partial charge in [0.05, 0.1) is 0 Å². The maximum Gasteiger partial charge on any atom is 0.381 e. The zero-order chi connectivity index (χ0) is 10.4. The van der Waals surface area contributed by atoms with E-state index in [0.29, 0.717) is 12.8 Å². The van der Waals surface area contributed by atoms with E-state index < -0.39 is 5.97 Å². The van der Waals surface area contributed by atoms with Crippen LogP contribution in [-0.4, -0.2) is 11.1 Å². The number of benzene rings is 1. The predicted molar refractivity (Wildman–Crippen MR) is 50.1 cm³/mol. The smallest absolute Gasteiger partial charge is 0.381 e. The Bertz CT molecular complexity index is 371. The first-order valence-electron chi connectivity index (χ1n) is 4.15. The van der Waals surface area contributed by atoms with Gasteiger partial charge in [-0.25, -0.2) is 9.18 Å². The van der Waals surface area contributed by atoms with Gasteiger partial charge < -0.3 is 5.11 Å². The van der Waals surface area contributed by atoms with Gasteiger partial charge in [-0.05, 0) is 24.1 Å². The quantitative estimate of drug-likeness (QED) is 0.726. The Hall–Kier alpha value is -1.82. The second kappa shape index (κ2) is 5.03. The molecule has 72 valence electrons. The fourth-order valence-corrected chi connectivity index (χ4v) is 0.996. The van der Waals surface area contributed by atoms with Crippen LogP contribution in [0.1, 0.15) is 12.0 Å². The van der Waals surface area contributed by atoms with E-state index >= 15 is 0 Å². The molecular weight excluding hydrogens is 183 g/mol. The van der Waals surface area contributed by atoms with Crippen LogP contribution >= 0.6 is 0 Å². The van der Waals surface area contributed by atoms with Gasteiger partial charge in [-0.1, -0.05) is 18.1 Å². The van der Waals surface area contributed by atoms with E-state index in [-0.39, 0.29) is 5.82 Å². The average Bonchev–Trinajstić information content (AvgIpc) is 2.15. The molecule has 1 aromatic rings. The Balaban J connectivity index is 2.44. The lowest BCUT2D eigenvalue weighted by Gasteiger charge is -1.95. The van der Waals surface area contributed by atoms with E-state index in [1.165, 1.54) is 12.1 Å². The van der Waals surface area contributed by atoms with Crippen molar-refractivity contribution in [3.05, 3.63) is 35.6 Å². The maximum absolute atomic E-state index is 12.5. The van der Waals surface area contributed by atoms with Crippen molar-refractivity contribution in [1.29, 1.82) is 0 Å². The minimum absolute atomic E-state index is 0.273. The first-order valence-corrected chi connectivity index (χ1v) is 4.15. The van der Waals surface area contributed by atoms with Crippen molar-refractivity contribution in [1.82, 2.24) is 0 Å². The molecule has 0 aliphatic rings. The molecule has 0 aliphatic heterocycles. The van der Waals surface area contributed by atoms with Crippen LogP contribution in [0.5, 0.6) is 0 Å². The highest BCUT2D eigenvalue weighted by atomic mass is 19.1. The highest BCUT2D eigenvalue weighted by molar-refractivity contribution is 5.86. The molecule has 0 saturated carbocycles. The van der Waals surface area contributed by atoms with Crippen LogP contribution in [0.15, 0.2) is 24.3 Å². The molecule has 1 aromatic carbocycles. The van der Waals surface area contributed by atoms with E-state index in [9.17, 15) is 9.18 Å². The molecular formula is C11H9FO2. The summed E-state index contributed by atoms with van der Waals surface area (Å²) < 4.78 is 12.5. The van der Waals surface area contributed by atoms with Gasteiger partial charge in [-0.15, -0.1) is 0 Å². The number of hydrogen-bond acceptors (Lipinski definition) is 1. The number of aryl methyl sites for hydroxylation is 1. The Morgan fingerprint density at radius 2 is 2.00 bits per heavy atom. The summed E-state index contributed by atoms with van der Waals surface area (Å²) in [7, 11) is 0. The van der Waals surface area contributed by atoms with Crippen molar-refractivity contribution < 1.29 is 14.3 Å². The molecule has 1 N–H and O–H groups in total. The van der Waals surface area contributed by atoms with Gasteiger partial charge in [-0.2, -0.15) is 0 Å². The van der Waals surface area contributed by atoms with Gasteiger partial charge in [0.15, 0.2) is 0 Å². The van der Waals surface area contributed by atoms with Crippen LogP contribution in [0.25, 0.3) is 0 Å². The summed E-state index contributed by atoms with van der Waals surface area (Å²) in [6, 6.07) is 6.08. The predicted octanol–water partition coefficient (Wildman–Crippen LogP) is 1.85. The van der Waals surface area contributed by atoms with Crippen LogP contribution < -0.4 is 0 Å². The first kappa shape index (κ1) is 10.3. The molecule has 0 fully saturated rings. The van der Waals surface area contributed by atoms with Crippen LogP contribution in [0, 0.1) is 17.7 Å². The molecule has 0 heterocycles. The molecule has 3 heteroatoms. The number of carbonyl (C=O) groups is 1. The Morgan fingerprint density at radius 1 is 1.36 bits per heavy atom. The zero-order valence-corrected chi connectivity index (χ0v) is 7.46. The van der Waals surface area contributed by atoms with Crippen molar-refractivity contribution in [3.63, 3.8) is 0 Å². The molecule has 2 nitrogen and oxygen atoms in total. The Kier molecular flexibility index (Phi) is 3.69. The lowest BCUT2D eigenvalue weighted by molar-refractivity contribution is -0.130. The second-order valence-electron chi connectivity index (χ2n) is 2.73. The van der Waals surface area contributed by atoms with E-state index in [2.05, 4.69) is 5.92 Å². The Labute approximate surface area is 81.4 Å². The Morgan fingerprint density at radius 3 is 2.57 bits per heavy atom. The molecule has 0 radical (unpaired) electrons. The van der Waals surface area contributed by atoms with Crippen molar-refractivity contribution in [2.45, 2.75) is 12.8 Å². The van der Waals surface area contributed by atoms with Gasteiger partial charge in [0.25, 0.3) is 0 Å². The summed E-state index contributed by atoms with van der Waals surface area (Å²) in [5, 5.41) is 8.22. The number of rotatable bonds is 2. The molecule has 0 spiro atoms. The van der Waals surface area contributed by atoms with Crippen molar-refractivity contribution >= 4 is 5.97 Å². The van der Waals surface area contributed by atoms with Gasteiger partial charge in [0, 0.05) is 12.3 Å². The van der Waals surface area contributed by atoms with Crippen LogP contribution in [0.2, 0.25) is 0 Å². The monoisotopic (exact) mass is 192 g/mol. The minimum Gasteiger partial charge on any atom is -0.472 e. The van der Waals surface area contributed by atoms with E-state index in [4.69, 9.17) is 5.11 Å². The second-order valence-corrected chi connectivity index (χ2v) is 2.73. The third-order valence-electron chi connectivity index (χ3n) is 1.65. The summed E-state index contributed by atoms with van der Waals surface area (Å²) in [6.45, 7) is 0. The third kappa shape index (κ3) is 3.72. The summed E-state index contributed by atoms with van der Waals surface area (Å²) in [5.41, 5.74) is 0.950. The lowest BCUT2D eigenvalue weighted by atomic mass is 10.1. The molecule has 0 atom stereocenters. The highest BCUT2D eigenvalue weighted by Gasteiger charge is 1.92. The van der Waals surface area contributed by atoms with E-state index in [1.807, 2.05) is 5.92 Å². The molecule has 0 unspecified atom stereocenters. The number of carboxylic acids is 1. The standard InChI is InChI=1S/C11H9FO2/c12-10-7-5-9(6-8-10)3-1-2-4-11(13)14/h5-8H,1,3H2,(H,13,14). The molecule has 0 bridgehead atoms. The topological polar surface area (TPSA) is 37.3 Å². The van der Waals surface area contributed by atoms with Crippen LogP contribution in [-0.2, 0) is 11.2 Å². The largest absolute Gasteiger partial charge is 0.472 e. The number of aliphatic carboxylic acids is 1. The summed E-state index contributed by atoms with van der Waals surface area (Å²) in [5.74, 6) is 3.13. The molecule has 0 aliphatic carbocycles. The fourth-order valence-electron chi connectivity index (χ4n) is 0.996. The van der Waals surface area contributed by atoms with Crippen LogP contribution in [0.3, 0.4) is 0 Å². The summed E-state index contributed by atoms with van der Waals surface area (Å²) in [6.07, 6.45) is 1.11. The minimum atomic E-state index is -1.12. The number of halogens is 1. The normalized spacial score (nSPS) is 8.93. The zero-order valence-electron chi connectivity index (χ0n) is 7.46. The highest BCUT2D eigenvalue weighted by Crippen LogP contribution is 2.04. The van der Waals surface area contributed by atoms with Gasteiger partial charge in [-0.3, -0.25) is 0 Å². The van der Waals surface area contributed by atoms with Crippen molar-refractivity contribution in [2.24, 2.45) is 0 Å². The third-order valence-corrected chi connectivity index (χ3v) is 1.65. The van der Waals surface area contributed by atoms with Crippen molar-refractivity contribution in [3.8, 4) is 11.8 Å².